The van der Waals surface area contributed by atoms with Gasteiger partial charge in [-0.15, -0.1) is 11.3 Å². The predicted molar refractivity (Wildman–Crippen MR) is 152 cm³/mol. The third-order valence-corrected chi connectivity index (χ3v) is 6.98. The first kappa shape index (κ1) is 31.8. The lowest BCUT2D eigenvalue weighted by atomic mass is 10.1. The van der Waals surface area contributed by atoms with E-state index >= 15 is 0 Å². The number of carbonyl (C=O) groups excluding carboxylic acids is 2. The highest BCUT2D eigenvalue weighted by molar-refractivity contribution is 7.11. The maximum Gasteiger partial charge on any atom is 0.293 e. The average molecular weight is 518 g/mol. The number of unbranched alkanes of at least 4 members (excludes halogenated alkanes) is 5. The minimum Gasteiger partial charge on any atom is -0.468 e. The molecule has 1 saturated heterocycles. The zero-order chi connectivity index (χ0) is 26.4. The van der Waals surface area contributed by atoms with Crippen LogP contribution in [-0.4, -0.2) is 37.2 Å². The minimum absolute atomic E-state index is 0.223. The minimum atomic E-state index is 0.223. The quantitative estimate of drug-likeness (QED) is 0.211. The molecule has 0 bridgehead atoms. The molecule has 36 heavy (non-hydrogen) atoms. The van der Waals surface area contributed by atoms with Gasteiger partial charge in [0.1, 0.15) is 0 Å². The highest BCUT2D eigenvalue weighted by Crippen LogP contribution is 2.22. The second-order valence-corrected chi connectivity index (χ2v) is 10.5. The molecule has 2 aromatic rings. The largest absolute Gasteiger partial charge is 0.468 e. The van der Waals surface area contributed by atoms with Crippen molar-refractivity contribution in [2.75, 3.05) is 24.7 Å². The molecule has 202 valence electrons. The van der Waals surface area contributed by atoms with Crippen molar-refractivity contribution in [2.24, 2.45) is 0 Å². The lowest BCUT2D eigenvalue weighted by Crippen LogP contribution is -2.23. The Hall–Kier alpha value is -2.18. The zero-order valence-corrected chi connectivity index (χ0v) is 23.5. The van der Waals surface area contributed by atoms with Crippen molar-refractivity contribution in [3.63, 3.8) is 0 Å². The van der Waals surface area contributed by atoms with E-state index in [4.69, 9.17) is 5.11 Å². The van der Waals surface area contributed by atoms with E-state index in [1.165, 1.54) is 53.8 Å². The summed E-state index contributed by atoms with van der Waals surface area (Å²) in [4.78, 5) is 26.1. The van der Waals surface area contributed by atoms with Gasteiger partial charge in [-0.1, -0.05) is 51.7 Å². The van der Waals surface area contributed by atoms with E-state index in [0.717, 1.165) is 44.3 Å². The third kappa shape index (κ3) is 14.4. The maximum atomic E-state index is 11.6. The molecule has 3 rings (SSSR count). The maximum absolute atomic E-state index is 11.6. The van der Waals surface area contributed by atoms with Gasteiger partial charge in [-0.25, -0.2) is 0 Å². The fourth-order valence-electron chi connectivity index (χ4n) is 3.91. The van der Waals surface area contributed by atoms with Gasteiger partial charge in [-0.05, 0) is 81.7 Å². The first-order valence-electron chi connectivity index (χ1n) is 13.7. The lowest BCUT2D eigenvalue weighted by Gasteiger charge is -2.15. The Morgan fingerprint density at radius 2 is 1.69 bits per heavy atom. The summed E-state index contributed by atoms with van der Waals surface area (Å²) in [6, 6.07) is 13.0. The van der Waals surface area contributed by atoms with Crippen LogP contribution < -0.4 is 4.90 Å². The molecule has 0 radical (unpaired) electrons. The first-order chi connectivity index (χ1) is 17.5. The van der Waals surface area contributed by atoms with Crippen LogP contribution in [0.3, 0.4) is 0 Å². The number of amides is 1. The van der Waals surface area contributed by atoms with E-state index in [2.05, 4.69) is 61.9 Å². The number of hydrogen-bond acceptors (Lipinski definition) is 5. The fourth-order valence-corrected chi connectivity index (χ4v) is 4.90. The number of anilines is 1. The Morgan fingerprint density at radius 1 is 0.944 bits per heavy atom. The van der Waals surface area contributed by atoms with Crippen molar-refractivity contribution >= 4 is 29.4 Å². The van der Waals surface area contributed by atoms with Crippen molar-refractivity contribution in [2.45, 2.75) is 97.8 Å². The Balaban J connectivity index is 0.000000303. The van der Waals surface area contributed by atoms with Crippen LogP contribution in [0, 0.1) is 6.92 Å². The molecule has 5 nitrogen and oxygen atoms in total. The van der Waals surface area contributed by atoms with Gasteiger partial charge in [0.25, 0.3) is 6.47 Å². The van der Waals surface area contributed by atoms with Crippen LogP contribution in [-0.2, 0) is 27.2 Å². The molecule has 0 saturated carbocycles. The van der Waals surface area contributed by atoms with Crippen LogP contribution in [0.1, 0.15) is 93.4 Å². The molecule has 1 aliphatic heterocycles. The molecule has 1 aliphatic rings. The lowest BCUT2D eigenvalue weighted by molar-refractivity contribution is -0.128. The van der Waals surface area contributed by atoms with Gasteiger partial charge in [0.05, 0.1) is 6.61 Å². The third-order valence-electron chi connectivity index (χ3n) is 5.92. The summed E-state index contributed by atoms with van der Waals surface area (Å²) in [5, 5.41) is 8.31. The number of thiophene rings is 1. The van der Waals surface area contributed by atoms with Gasteiger partial charge in [-0.3, -0.25) is 9.59 Å². The van der Waals surface area contributed by atoms with Gasteiger partial charge in [0.15, 0.2) is 0 Å². The van der Waals surface area contributed by atoms with E-state index in [9.17, 15) is 9.59 Å². The second kappa shape index (κ2) is 21.0. The molecule has 1 aromatic heterocycles. The van der Waals surface area contributed by atoms with Crippen LogP contribution in [0.25, 0.3) is 0 Å². The number of ether oxygens (including phenoxy) is 1. The average Bonchev–Trinajstić information content (AvgIpc) is 3.51. The number of carbonyl (C=O) groups is 2. The zero-order valence-electron chi connectivity index (χ0n) is 22.7. The molecule has 1 amide bonds. The van der Waals surface area contributed by atoms with E-state index in [-0.39, 0.29) is 12.5 Å². The molecule has 0 unspecified atom stereocenters. The Kier molecular flexibility index (Phi) is 18.5. The van der Waals surface area contributed by atoms with E-state index in [1.807, 2.05) is 16.2 Å². The van der Waals surface area contributed by atoms with Crippen LogP contribution in [0.2, 0.25) is 0 Å². The van der Waals surface area contributed by atoms with Crippen molar-refractivity contribution in [1.29, 1.82) is 0 Å². The highest BCUT2D eigenvalue weighted by atomic mass is 32.1. The standard InChI is InChI=1S/C16H23NO.C8H12S.C6H12O3/c1-2-3-4-5-7-14-9-11-15(12-10-14)17-13-6-8-16(17)18;1-3-4-8-6-5-7(2)9-8;7-4-2-1-3-5-9-6-8/h9-12H,2-8,13H2,1H3;5-6H,3-4H2,1-2H3;6-7H,1-5H2. The van der Waals surface area contributed by atoms with Crippen molar-refractivity contribution in [3.05, 3.63) is 51.7 Å². The number of benzene rings is 1. The molecule has 1 N–H and O–H groups in total. The molecule has 1 aromatic carbocycles. The Morgan fingerprint density at radius 3 is 2.25 bits per heavy atom. The van der Waals surface area contributed by atoms with Crippen molar-refractivity contribution < 1.29 is 19.4 Å². The first-order valence-corrected chi connectivity index (χ1v) is 14.5. The smallest absolute Gasteiger partial charge is 0.293 e. The SMILES string of the molecule is CCCCCCc1ccc(N2CCCC2=O)cc1.CCCc1ccc(C)s1.O=COCCCCCO. The normalized spacial score (nSPS) is 12.4. The second-order valence-electron chi connectivity index (χ2n) is 9.14. The van der Waals surface area contributed by atoms with Gasteiger partial charge >= 0.3 is 0 Å². The molecule has 2 heterocycles. The summed E-state index contributed by atoms with van der Waals surface area (Å²) in [5.41, 5.74) is 2.45. The summed E-state index contributed by atoms with van der Waals surface area (Å²) >= 11 is 1.91. The molecule has 6 heteroatoms. The summed E-state index contributed by atoms with van der Waals surface area (Å²) in [7, 11) is 0. The van der Waals surface area contributed by atoms with Crippen LogP contribution in [0.15, 0.2) is 36.4 Å². The molecule has 0 atom stereocenters. The van der Waals surface area contributed by atoms with Crippen molar-refractivity contribution in [1.82, 2.24) is 0 Å². The van der Waals surface area contributed by atoms with Gasteiger partial charge < -0.3 is 14.7 Å². The van der Waals surface area contributed by atoms with E-state index in [0.29, 0.717) is 19.5 Å². The van der Waals surface area contributed by atoms with Gasteiger partial charge in [0.2, 0.25) is 5.91 Å². The fraction of sp³-hybridized carbons (Fsp3) is 0.600. The number of aryl methyl sites for hydroxylation is 3. The molecule has 0 spiro atoms. The summed E-state index contributed by atoms with van der Waals surface area (Å²) in [6.45, 7) is 8.64. The molecule has 0 aliphatic carbocycles. The highest BCUT2D eigenvalue weighted by Gasteiger charge is 2.21. The number of aliphatic hydroxyl groups excluding tert-OH is 1. The number of aliphatic hydroxyl groups is 1. The monoisotopic (exact) mass is 517 g/mol. The number of hydrogen-bond donors (Lipinski definition) is 1. The van der Waals surface area contributed by atoms with Crippen LogP contribution >= 0.6 is 11.3 Å². The molecular formula is C30H47NO4S. The molecular weight excluding hydrogens is 470 g/mol. The predicted octanol–water partition coefficient (Wildman–Crippen LogP) is 7.27. The Bertz CT molecular complexity index is 819. The Labute approximate surface area is 222 Å². The van der Waals surface area contributed by atoms with Crippen LogP contribution in [0.4, 0.5) is 5.69 Å². The summed E-state index contributed by atoms with van der Waals surface area (Å²) < 4.78 is 4.42. The van der Waals surface area contributed by atoms with Gasteiger partial charge in [-0.2, -0.15) is 0 Å². The number of nitrogens with zero attached hydrogens (tertiary/aromatic N) is 1. The van der Waals surface area contributed by atoms with E-state index < -0.39 is 0 Å². The van der Waals surface area contributed by atoms with Crippen LogP contribution in [0.5, 0.6) is 0 Å². The van der Waals surface area contributed by atoms with E-state index in [1.54, 1.807) is 0 Å². The summed E-state index contributed by atoms with van der Waals surface area (Å²) in [6.07, 6.45) is 13.2. The van der Waals surface area contributed by atoms with Crippen molar-refractivity contribution in [3.8, 4) is 0 Å². The molecule has 1 fully saturated rings. The number of rotatable bonds is 14. The van der Waals surface area contributed by atoms with Gasteiger partial charge in [0, 0.05) is 35.0 Å². The topological polar surface area (TPSA) is 66.8 Å². The summed E-state index contributed by atoms with van der Waals surface area (Å²) in [5.74, 6) is 0.269.